The second-order valence-electron chi connectivity index (χ2n) is 4.46. The van der Waals surface area contributed by atoms with Gasteiger partial charge in [-0.05, 0) is 38.6 Å². The van der Waals surface area contributed by atoms with Crippen LogP contribution in [0.2, 0.25) is 0 Å². The van der Waals surface area contributed by atoms with E-state index in [1.54, 1.807) is 0 Å². The van der Waals surface area contributed by atoms with Gasteiger partial charge in [0, 0.05) is 25.1 Å². The SMILES string of the molecule is ClC1CCCN(CCC2CCCO2)C1. The zero-order chi connectivity index (χ0) is 9.80. The van der Waals surface area contributed by atoms with E-state index >= 15 is 0 Å². The molecule has 0 spiro atoms. The number of rotatable bonds is 3. The lowest BCUT2D eigenvalue weighted by Gasteiger charge is -2.30. The summed E-state index contributed by atoms with van der Waals surface area (Å²) >= 11 is 6.13. The fraction of sp³-hybridized carbons (Fsp3) is 1.00. The number of piperidine rings is 1. The number of hydrogen-bond acceptors (Lipinski definition) is 2. The summed E-state index contributed by atoms with van der Waals surface area (Å²) in [5.41, 5.74) is 0. The molecule has 2 aliphatic rings. The van der Waals surface area contributed by atoms with E-state index in [1.165, 1.54) is 45.2 Å². The fourth-order valence-electron chi connectivity index (χ4n) is 2.40. The summed E-state index contributed by atoms with van der Waals surface area (Å²) in [6.45, 7) is 4.46. The number of hydrogen-bond donors (Lipinski definition) is 0. The molecule has 0 bridgehead atoms. The van der Waals surface area contributed by atoms with Crippen LogP contribution < -0.4 is 0 Å². The van der Waals surface area contributed by atoms with E-state index in [-0.39, 0.29) is 0 Å². The Labute approximate surface area is 91.6 Å². The van der Waals surface area contributed by atoms with Crippen molar-refractivity contribution in [3.8, 4) is 0 Å². The Morgan fingerprint density at radius 3 is 2.93 bits per heavy atom. The van der Waals surface area contributed by atoms with Crippen molar-refractivity contribution in [3.05, 3.63) is 0 Å². The molecule has 82 valence electrons. The summed E-state index contributed by atoms with van der Waals surface area (Å²) in [6.07, 6.45) is 6.70. The average molecular weight is 218 g/mol. The third-order valence-electron chi connectivity index (χ3n) is 3.24. The molecule has 0 radical (unpaired) electrons. The van der Waals surface area contributed by atoms with Gasteiger partial charge in [0.15, 0.2) is 0 Å². The zero-order valence-electron chi connectivity index (χ0n) is 8.75. The van der Waals surface area contributed by atoms with Crippen molar-refractivity contribution >= 4 is 11.6 Å². The lowest BCUT2D eigenvalue weighted by Crippen LogP contribution is -2.37. The highest BCUT2D eigenvalue weighted by atomic mass is 35.5. The van der Waals surface area contributed by atoms with Gasteiger partial charge in [-0.3, -0.25) is 0 Å². The largest absolute Gasteiger partial charge is 0.378 e. The first-order valence-electron chi connectivity index (χ1n) is 5.82. The topological polar surface area (TPSA) is 12.5 Å². The number of ether oxygens (including phenoxy) is 1. The minimum absolute atomic E-state index is 0.383. The molecule has 2 heterocycles. The van der Waals surface area contributed by atoms with Crippen LogP contribution in [0.25, 0.3) is 0 Å². The van der Waals surface area contributed by atoms with Crippen LogP contribution in [0.3, 0.4) is 0 Å². The van der Waals surface area contributed by atoms with E-state index in [0.717, 1.165) is 13.2 Å². The van der Waals surface area contributed by atoms with Gasteiger partial charge in [-0.1, -0.05) is 0 Å². The molecule has 2 rings (SSSR count). The number of likely N-dealkylation sites (tertiary alicyclic amines) is 1. The molecule has 2 atom stereocenters. The summed E-state index contributed by atoms with van der Waals surface area (Å²) in [7, 11) is 0. The molecule has 2 saturated heterocycles. The number of halogens is 1. The normalized spacial score (nSPS) is 34.9. The summed E-state index contributed by atoms with van der Waals surface area (Å²) in [5.74, 6) is 0. The highest BCUT2D eigenvalue weighted by Gasteiger charge is 2.20. The van der Waals surface area contributed by atoms with Gasteiger partial charge >= 0.3 is 0 Å². The molecule has 0 saturated carbocycles. The monoisotopic (exact) mass is 217 g/mol. The summed E-state index contributed by atoms with van der Waals surface area (Å²) in [4.78, 5) is 2.49. The van der Waals surface area contributed by atoms with E-state index in [2.05, 4.69) is 4.90 Å². The average Bonchev–Trinajstić information content (AvgIpc) is 2.67. The van der Waals surface area contributed by atoms with Gasteiger partial charge in [0.25, 0.3) is 0 Å². The van der Waals surface area contributed by atoms with Crippen LogP contribution in [0, 0.1) is 0 Å². The van der Waals surface area contributed by atoms with Crippen LogP contribution in [0.4, 0.5) is 0 Å². The molecule has 0 amide bonds. The molecule has 3 heteroatoms. The predicted octanol–water partition coefficient (Wildman–Crippen LogP) is 2.26. The predicted molar refractivity (Wildman–Crippen MR) is 58.9 cm³/mol. The Morgan fingerprint density at radius 2 is 2.21 bits per heavy atom. The van der Waals surface area contributed by atoms with Crippen molar-refractivity contribution in [1.29, 1.82) is 0 Å². The van der Waals surface area contributed by atoms with E-state index in [0.29, 0.717) is 11.5 Å². The number of alkyl halides is 1. The van der Waals surface area contributed by atoms with Gasteiger partial charge in [-0.2, -0.15) is 0 Å². The van der Waals surface area contributed by atoms with E-state index in [1.807, 2.05) is 0 Å². The molecule has 0 aromatic carbocycles. The van der Waals surface area contributed by atoms with E-state index in [4.69, 9.17) is 16.3 Å². The first kappa shape index (κ1) is 10.7. The van der Waals surface area contributed by atoms with Crippen molar-refractivity contribution in [2.75, 3.05) is 26.2 Å². The fourth-order valence-corrected chi connectivity index (χ4v) is 2.75. The smallest absolute Gasteiger partial charge is 0.0588 e. The summed E-state index contributed by atoms with van der Waals surface area (Å²) in [6, 6.07) is 0. The van der Waals surface area contributed by atoms with Gasteiger partial charge in [0.2, 0.25) is 0 Å². The second-order valence-corrected chi connectivity index (χ2v) is 5.08. The standard InChI is InChI=1S/C11H20ClNO/c12-10-3-1-6-13(9-10)7-5-11-4-2-8-14-11/h10-11H,1-9H2. The first-order chi connectivity index (χ1) is 6.84. The molecule has 14 heavy (non-hydrogen) atoms. The second kappa shape index (κ2) is 5.34. The Hall–Kier alpha value is 0.210. The zero-order valence-corrected chi connectivity index (χ0v) is 9.51. The molecule has 0 N–H and O–H groups in total. The maximum Gasteiger partial charge on any atom is 0.0588 e. The third kappa shape index (κ3) is 3.11. The third-order valence-corrected chi connectivity index (χ3v) is 3.60. The Balaban J connectivity index is 1.64. The molecule has 0 aromatic heterocycles. The Morgan fingerprint density at radius 1 is 1.29 bits per heavy atom. The first-order valence-corrected chi connectivity index (χ1v) is 6.26. The van der Waals surface area contributed by atoms with Crippen LogP contribution >= 0.6 is 11.6 Å². The van der Waals surface area contributed by atoms with Crippen molar-refractivity contribution in [2.45, 2.75) is 43.6 Å². The quantitative estimate of drug-likeness (QED) is 0.673. The minimum atomic E-state index is 0.383. The van der Waals surface area contributed by atoms with Gasteiger partial charge in [0.05, 0.1) is 6.10 Å². The molecule has 0 aromatic rings. The Bertz CT molecular complexity index is 171. The van der Waals surface area contributed by atoms with E-state index in [9.17, 15) is 0 Å². The van der Waals surface area contributed by atoms with Crippen LogP contribution in [-0.4, -0.2) is 42.6 Å². The van der Waals surface area contributed by atoms with Gasteiger partial charge < -0.3 is 9.64 Å². The molecule has 2 fully saturated rings. The minimum Gasteiger partial charge on any atom is -0.378 e. The van der Waals surface area contributed by atoms with Gasteiger partial charge in [-0.25, -0.2) is 0 Å². The molecular formula is C11H20ClNO. The van der Waals surface area contributed by atoms with Crippen LogP contribution in [-0.2, 0) is 4.74 Å². The highest BCUT2D eigenvalue weighted by molar-refractivity contribution is 6.20. The molecular weight excluding hydrogens is 198 g/mol. The summed E-state index contributed by atoms with van der Waals surface area (Å²) in [5, 5.41) is 0.383. The van der Waals surface area contributed by atoms with Crippen molar-refractivity contribution in [1.82, 2.24) is 4.90 Å². The highest BCUT2D eigenvalue weighted by Crippen LogP contribution is 2.19. The molecule has 0 aliphatic carbocycles. The van der Waals surface area contributed by atoms with Crippen LogP contribution in [0.1, 0.15) is 32.1 Å². The molecule has 2 nitrogen and oxygen atoms in total. The number of nitrogens with zero attached hydrogens (tertiary/aromatic N) is 1. The molecule has 2 unspecified atom stereocenters. The maximum atomic E-state index is 6.13. The van der Waals surface area contributed by atoms with Gasteiger partial charge in [-0.15, -0.1) is 11.6 Å². The summed E-state index contributed by atoms with van der Waals surface area (Å²) < 4.78 is 5.61. The van der Waals surface area contributed by atoms with Crippen molar-refractivity contribution in [2.24, 2.45) is 0 Å². The maximum absolute atomic E-state index is 6.13. The van der Waals surface area contributed by atoms with Crippen LogP contribution in [0.15, 0.2) is 0 Å². The molecule has 2 aliphatic heterocycles. The lowest BCUT2D eigenvalue weighted by molar-refractivity contribution is 0.0892. The van der Waals surface area contributed by atoms with Crippen LogP contribution in [0.5, 0.6) is 0 Å². The lowest BCUT2D eigenvalue weighted by atomic mass is 10.1. The van der Waals surface area contributed by atoms with Crippen molar-refractivity contribution in [3.63, 3.8) is 0 Å². The Kier molecular flexibility index (Phi) is 4.09. The van der Waals surface area contributed by atoms with Crippen molar-refractivity contribution < 1.29 is 4.74 Å². The van der Waals surface area contributed by atoms with E-state index < -0.39 is 0 Å². The van der Waals surface area contributed by atoms with Gasteiger partial charge in [0.1, 0.15) is 0 Å².